The summed E-state index contributed by atoms with van der Waals surface area (Å²) in [5.74, 6) is 0.368. The van der Waals surface area contributed by atoms with E-state index in [2.05, 4.69) is 26.1 Å². The summed E-state index contributed by atoms with van der Waals surface area (Å²) in [4.78, 5) is 22.2. The molecule has 0 fully saturated rings. The Kier molecular flexibility index (Phi) is 5.75. The fraction of sp³-hybridized carbons (Fsp3) is 0.316. The standard InChI is InChI=1S/C19H22N2O4/c1-19(2,3)15-7-9-17(10-8-15)25-12-11-20-18(22)14-5-4-6-16(13-14)21(23)24/h4-10,13H,11-12H2,1-3H3,(H,20,22). The van der Waals surface area contributed by atoms with E-state index in [1.807, 2.05) is 24.3 Å². The van der Waals surface area contributed by atoms with Gasteiger partial charge in [0.05, 0.1) is 11.5 Å². The lowest BCUT2D eigenvalue weighted by Crippen LogP contribution is -2.28. The van der Waals surface area contributed by atoms with Crippen molar-refractivity contribution in [2.24, 2.45) is 0 Å². The van der Waals surface area contributed by atoms with Crippen LogP contribution in [0.25, 0.3) is 0 Å². The molecule has 0 bridgehead atoms. The first kappa shape index (κ1) is 18.4. The highest BCUT2D eigenvalue weighted by Gasteiger charge is 2.13. The minimum atomic E-state index is -0.527. The number of nitrogens with zero attached hydrogens (tertiary/aromatic N) is 1. The van der Waals surface area contributed by atoms with Crippen LogP contribution in [-0.4, -0.2) is 24.0 Å². The molecule has 2 rings (SSSR count). The molecule has 25 heavy (non-hydrogen) atoms. The molecule has 0 saturated carbocycles. The van der Waals surface area contributed by atoms with Crippen molar-refractivity contribution in [3.05, 3.63) is 69.8 Å². The van der Waals surface area contributed by atoms with Crippen molar-refractivity contribution < 1.29 is 14.5 Å². The van der Waals surface area contributed by atoms with Gasteiger partial charge in [-0.05, 0) is 29.2 Å². The Morgan fingerprint density at radius 3 is 2.44 bits per heavy atom. The number of hydrogen-bond acceptors (Lipinski definition) is 4. The monoisotopic (exact) mass is 342 g/mol. The van der Waals surface area contributed by atoms with Gasteiger partial charge in [-0.25, -0.2) is 0 Å². The van der Waals surface area contributed by atoms with E-state index in [4.69, 9.17) is 4.74 Å². The highest BCUT2D eigenvalue weighted by molar-refractivity contribution is 5.94. The third-order valence-corrected chi connectivity index (χ3v) is 3.70. The second-order valence-electron chi connectivity index (χ2n) is 6.69. The van der Waals surface area contributed by atoms with Gasteiger partial charge in [-0.2, -0.15) is 0 Å². The number of nitro benzene ring substituents is 1. The summed E-state index contributed by atoms with van der Waals surface area (Å²) >= 11 is 0. The van der Waals surface area contributed by atoms with Crippen LogP contribution >= 0.6 is 0 Å². The zero-order valence-electron chi connectivity index (χ0n) is 14.6. The van der Waals surface area contributed by atoms with Crippen LogP contribution in [0.1, 0.15) is 36.7 Å². The van der Waals surface area contributed by atoms with Crippen molar-refractivity contribution in [3.8, 4) is 5.75 Å². The first-order chi connectivity index (χ1) is 11.8. The summed E-state index contributed by atoms with van der Waals surface area (Å²) in [5.41, 5.74) is 1.45. The molecule has 0 aliphatic rings. The van der Waals surface area contributed by atoms with E-state index in [9.17, 15) is 14.9 Å². The van der Waals surface area contributed by atoms with E-state index in [0.29, 0.717) is 13.2 Å². The average molecular weight is 342 g/mol. The van der Waals surface area contributed by atoms with E-state index >= 15 is 0 Å². The van der Waals surface area contributed by atoms with Crippen LogP contribution in [0, 0.1) is 10.1 Å². The van der Waals surface area contributed by atoms with Crippen molar-refractivity contribution in [2.75, 3.05) is 13.2 Å². The van der Waals surface area contributed by atoms with Crippen molar-refractivity contribution in [1.82, 2.24) is 5.32 Å². The Morgan fingerprint density at radius 2 is 1.84 bits per heavy atom. The molecule has 0 heterocycles. The smallest absolute Gasteiger partial charge is 0.270 e. The summed E-state index contributed by atoms with van der Waals surface area (Å²) in [6.45, 7) is 7.06. The van der Waals surface area contributed by atoms with Crippen LogP contribution in [0.3, 0.4) is 0 Å². The number of hydrogen-bond donors (Lipinski definition) is 1. The zero-order chi connectivity index (χ0) is 18.4. The Hall–Kier alpha value is -2.89. The fourth-order valence-electron chi connectivity index (χ4n) is 2.25. The quantitative estimate of drug-likeness (QED) is 0.493. The number of ether oxygens (including phenoxy) is 1. The molecule has 2 aromatic rings. The lowest BCUT2D eigenvalue weighted by Gasteiger charge is -2.19. The van der Waals surface area contributed by atoms with Gasteiger partial charge in [-0.1, -0.05) is 39.0 Å². The van der Waals surface area contributed by atoms with Crippen molar-refractivity contribution >= 4 is 11.6 Å². The maximum absolute atomic E-state index is 12.0. The van der Waals surface area contributed by atoms with Gasteiger partial charge in [0.15, 0.2) is 0 Å². The van der Waals surface area contributed by atoms with Crippen LogP contribution in [0.15, 0.2) is 48.5 Å². The molecule has 0 radical (unpaired) electrons. The summed E-state index contributed by atoms with van der Waals surface area (Å²) in [6.07, 6.45) is 0. The summed E-state index contributed by atoms with van der Waals surface area (Å²) in [7, 11) is 0. The molecule has 1 amide bonds. The number of benzene rings is 2. The largest absolute Gasteiger partial charge is 0.492 e. The van der Waals surface area contributed by atoms with Crippen molar-refractivity contribution in [1.29, 1.82) is 0 Å². The number of amides is 1. The molecule has 0 aliphatic heterocycles. The number of carbonyl (C=O) groups excluding carboxylic acids is 1. The number of nitro groups is 1. The molecule has 0 atom stereocenters. The van der Waals surface area contributed by atoms with Gasteiger partial charge in [-0.3, -0.25) is 14.9 Å². The van der Waals surface area contributed by atoms with E-state index in [-0.39, 0.29) is 22.6 Å². The minimum Gasteiger partial charge on any atom is -0.492 e. The van der Waals surface area contributed by atoms with Crippen LogP contribution in [0.4, 0.5) is 5.69 Å². The average Bonchev–Trinajstić information content (AvgIpc) is 2.58. The first-order valence-corrected chi connectivity index (χ1v) is 8.03. The maximum atomic E-state index is 12.0. The summed E-state index contributed by atoms with van der Waals surface area (Å²) in [6, 6.07) is 13.5. The van der Waals surface area contributed by atoms with Crippen molar-refractivity contribution in [3.63, 3.8) is 0 Å². The number of carbonyl (C=O) groups is 1. The third kappa shape index (κ3) is 5.31. The Labute approximate surface area is 147 Å². The number of rotatable bonds is 6. The Bertz CT molecular complexity index is 749. The van der Waals surface area contributed by atoms with Crippen LogP contribution in [-0.2, 0) is 5.41 Å². The highest BCUT2D eigenvalue weighted by Crippen LogP contribution is 2.24. The summed E-state index contributed by atoms with van der Waals surface area (Å²) in [5, 5.41) is 13.4. The minimum absolute atomic E-state index is 0.0881. The van der Waals surface area contributed by atoms with Gasteiger partial charge in [-0.15, -0.1) is 0 Å². The maximum Gasteiger partial charge on any atom is 0.270 e. The van der Waals surface area contributed by atoms with Gasteiger partial charge in [0.25, 0.3) is 11.6 Å². The predicted molar refractivity (Wildman–Crippen MR) is 96.1 cm³/mol. The van der Waals surface area contributed by atoms with Crippen LogP contribution < -0.4 is 10.1 Å². The molecule has 0 spiro atoms. The van der Waals surface area contributed by atoms with Gasteiger partial charge >= 0.3 is 0 Å². The zero-order valence-corrected chi connectivity index (χ0v) is 14.6. The van der Waals surface area contributed by atoms with E-state index in [1.165, 1.54) is 29.8 Å². The molecule has 6 heteroatoms. The van der Waals surface area contributed by atoms with E-state index < -0.39 is 4.92 Å². The molecule has 0 saturated heterocycles. The first-order valence-electron chi connectivity index (χ1n) is 8.03. The van der Waals surface area contributed by atoms with Crippen LogP contribution in [0.5, 0.6) is 5.75 Å². The van der Waals surface area contributed by atoms with E-state index in [1.54, 1.807) is 0 Å². The molecule has 0 aromatic heterocycles. The SMILES string of the molecule is CC(C)(C)c1ccc(OCCNC(=O)c2cccc([N+](=O)[O-])c2)cc1. The second kappa shape index (κ2) is 7.79. The van der Waals surface area contributed by atoms with Crippen LogP contribution in [0.2, 0.25) is 0 Å². The second-order valence-corrected chi connectivity index (χ2v) is 6.69. The number of non-ortho nitro benzene ring substituents is 1. The lowest BCUT2D eigenvalue weighted by atomic mass is 9.87. The van der Waals surface area contributed by atoms with E-state index in [0.717, 1.165) is 5.75 Å². The van der Waals surface area contributed by atoms with Gasteiger partial charge in [0.1, 0.15) is 12.4 Å². The molecule has 2 aromatic carbocycles. The molecule has 0 aliphatic carbocycles. The molecule has 1 N–H and O–H groups in total. The summed E-state index contributed by atoms with van der Waals surface area (Å²) < 4.78 is 5.60. The molecule has 6 nitrogen and oxygen atoms in total. The number of nitrogens with one attached hydrogen (secondary N) is 1. The van der Waals surface area contributed by atoms with Gasteiger partial charge < -0.3 is 10.1 Å². The normalized spacial score (nSPS) is 11.0. The van der Waals surface area contributed by atoms with Gasteiger partial charge in [0.2, 0.25) is 0 Å². The Balaban J connectivity index is 1.82. The molecular weight excluding hydrogens is 320 g/mol. The highest BCUT2D eigenvalue weighted by atomic mass is 16.6. The van der Waals surface area contributed by atoms with Crippen molar-refractivity contribution in [2.45, 2.75) is 26.2 Å². The van der Waals surface area contributed by atoms with Gasteiger partial charge in [0, 0.05) is 17.7 Å². The molecular formula is C19H22N2O4. The molecule has 0 unspecified atom stereocenters. The topological polar surface area (TPSA) is 81.5 Å². The Morgan fingerprint density at radius 1 is 1.16 bits per heavy atom. The predicted octanol–water partition coefficient (Wildman–Crippen LogP) is 3.70. The fourth-order valence-corrected chi connectivity index (χ4v) is 2.25. The third-order valence-electron chi connectivity index (χ3n) is 3.70. The molecule has 132 valence electrons. The lowest BCUT2D eigenvalue weighted by molar-refractivity contribution is -0.384.